The zero-order valence-electron chi connectivity index (χ0n) is 6.85. The van der Waals surface area contributed by atoms with Crippen LogP contribution in [0, 0.1) is 0 Å². The van der Waals surface area contributed by atoms with E-state index in [1.165, 1.54) is 6.92 Å². The van der Waals surface area contributed by atoms with E-state index in [0.29, 0.717) is 16.9 Å². The number of carbonyl (C=O) groups is 1. The largest absolute Gasteiger partial charge is 0.295 e. The molecule has 0 bridgehead atoms. The lowest BCUT2D eigenvalue weighted by atomic mass is 10.1. The van der Waals surface area contributed by atoms with Crippen molar-refractivity contribution in [3.63, 3.8) is 0 Å². The van der Waals surface area contributed by atoms with E-state index < -0.39 is 0 Å². The van der Waals surface area contributed by atoms with Gasteiger partial charge in [0.15, 0.2) is 5.78 Å². The maximum Gasteiger partial charge on any atom is 0.159 e. The first-order valence-electron chi connectivity index (χ1n) is 3.50. The normalized spacial score (nSPS) is 9.31. The molecule has 3 nitrogen and oxygen atoms in total. The molecule has 0 heterocycles. The molecule has 0 unspecified atom stereocenters. The molecule has 1 aromatic rings. The number of ketones is 1. The van der Waals surface area contributed by atoms with E-state index in [1.807, 2.05) is 0 Å². The van der Waals surface area contributed by atoms with Crippen LogP contribution in [0.1, 0.15) is 17.3 Å². The van der Waals surface area contributed by atoms with Crippen LogP contribution in [0.3, 0.4) is 0 Å². The van der Waals surface area contributed by atoms with Crippen molar-refractivity contribution in [3.05, 3.63) is 23.8 Å². The lowest BCUT2D eigenvalue weighted by molar-refractivity contribution is 0.101. The van der Waals surface area contributed by atoms with Gasteiger partial charge in [0.05, 0.1) is 11.4 Å². The average Bonchev–Trinajstić information content (AvgIpc) is 2.16. The summed E-state index contributed by atoms with van der Waals surface area (Å²) in [5, 5.41) is 0. The number of carbonyl (C=O) groups excluding carboxylic acids is 1. The molecule has 13 heavy (non-hydrogen) atoms. The molecule has 0 spiro atoms. The van der Waals surface area contributed by atoms with Gasteiger partial charge in [0.1, 0.15) is 0 Å². The van der Waals surface area contributed by atoms with Crippen LogP contribution in [0.2, 0.25) is 0 Å². The highest BCUT2D eigenvalue weighted by atomic mass is 32.1. The molecule has 0 saturated heterocycles. The van der Waals surface area contributed by atoms with Crippen LogP contribution in [0.25, 0.3) is 0 Å². The standard InChI is InChI=1S/C8H6N2OS2/c1-5(11)6-2-7(9-12)4-8(3-6)10-13/h2-4H,1H3. The first kappa shape index (κ1) is 10.0. The Balaban J connectivity index is 3.30. The Labute approximate surface area is 86.5 Å². The van der Waals surface area contributed by atoms with Gasteiger partial charge in [-0.1, -0.05) is 0 Å². The molecule has 1 rings (SSSR count). The van der Waals surface area contributed by atoms with Gasteiger partial charge in [-0.3, -0.25) is 4.79 Å². The van der Waals surface area contributed by atoms with Gasteiger partial charge in [-0.15, -0.1) is 0 Å². The monoisotopic (exact) mass is 210 g/mol. The Morgan fingerprint density at radius 1 is 1.15 bits per heavy atom. The van der Waals surface area contributed by atoms with Gasteiger partial charge >= 0.3 is 0 Å². The van der Waals surface area contributed by atoms with Crippen molar-refractivity contribution < 1.29 is 4.79 Å². The van der Waals surface area contributed by atoms with Crippen LogP contribution in [0.4, 0.5) is 11.4 Å². The van der Waals surface area contributed by atoms with Crippen LogP contribution in [-0.2, 0) is 24.9 Å². The zero-order valence-corrected chi connectivity index (χ0v) is 8.48. The molecular formula is C8H6N2OS2. The molecule has 0 amide bonds. The van der Waals surface area contributed by atoms with Crippen molar-refractivity contribution in [3.8, 4) is 0 Å². The van der Waals surface area contributed by atoms with Crippen LogP contribution >= 0.6 is 0 Å². The van der Waals surface area contributed by atoms with Gasteiger partial charge in [-0.2, -0.15) is 8.73 Å². The fourth-order valence-corrected chi connectivity index (χ4v) is 1.11. The topological polar surface area (TPSA) is 41.8 Å². The van der Waals surface area contributed by atoms with E-state index >= 15 is 0 Å². The third-order valence-corrected chi connectivity index (χ3v) is 1.94. The summed E-state index contributed by atoms with van der Waals surface area (Å²) >= 11 is 9.02. The van der Waals surface area contributed by atoms with E-state index in [-0.39, 0.29) is 5.78 Å². The minimum absolute atomic E-state index is 0.0552. The maximum atomic E-state index is 11.0. The number of hydrogen-bond acceptors (Lipinski definition) is 5. The van der Waals surface area contributed by atoms with Gasteiger partial charge in [0.25, 0.3) is 0 Å². The Kier molecular flexibility index (Phi) is 3.27. The third kappa shape index (κ3) is 2.43. The number of rotatable bonds is 3. The molecule has 0 aromatic heterocycles. The lowest BCUT2D eigenvalue weighted by Crippen LogP contribution is -1.90. The summed E-state index contributed by atoms with van der Waals surface area (Å²) in [6, 6.07) is 4.85. The summed E-state index contributed by atoms with van der Waals surface area (Å²) in [6.45, 7) is 1.47. The Morgan fingerprint density at radius 2 is 1.62 bits per heavy atom. The summed E-state index contributed by atoms with van der Waals surface area (Å²) in [6.07, 6.45) is 0. The van der Waals surface area contributed by atoms with Crippen molar-refractivity contribution in [2.24, 2.45) is 8.73 Å². The van der Waals surface area contributed by atoms with E-state index in [4.69, 9.17) is 0 Å². The Hall–Kier alpha value is -1.07. The minimum atomic E-state index is -0.0552. The van der Waals surface area contributed by atoms with Crippen molar-refractivity contribution in [2.75, 3.05) is 0 Å². The smallest absolute Gasteiger partial charge is 0.159 e. The second-order valence-electron chi connectivity index (χ2n) is 2.48. The third-order valence-electron chi connectivity index (χ3n) is 1.52. The minimum Gasteiger partial charge on any atom is -0.295 e. The van der Waals surface area contributed by atoms with Crippen LogP contribution in [-0.4, -0.2) is 5.78 Å². The molecule has 0 fully saturated rings. The molecule has 0 saturated carbocycles. The van der Waals surface area contributed by atoms with Crippen molar-refractivity contribution in [1.29, 1.82) is 0 Å². The van der Waals surface area contributed by atoms with Crippen LogP contribution in [0.5, 0.6) is 0 Å². The molecule has 0 radical (unpaired) electrons. The van der Waals surface area contributed by atoms with E-state index in [2.05, 4.69) is 33.6 Å². The van der Waals surface area contributed by atoms with Gasteiger partial charge < -0.3 is 0 Å². The SMILES string of the molecule is CC(=O)c1cc(N=S)cc(N=S)c1. The predicted octanol–water partition coefficient (Wildman–Crippen LogP) is 2.61. The van der Waals surface area contributed by atoms with E-state index in [0.717, 1.165) is 0 Å². The maximum absolute atomic E-state index is 11.0. The summed E-state index contributed by atoms with van der Waals surface area (Å²) < 4.78 is 7.09. The molecular weight excluding hydrogens is 204 g/mol. The number of Topliss-reactive ketones (excluding diaryl/α,β-unsaturated/α-hetero) is 1. The Bertz CT molecular complexity index is 350. The van der Waals surface area contributed by atoms with Crippen LogP contribution < -0.4 is 0 Å². The average molecular weight is 210 g/mol. The van der Waals surface area contributed by atoms with Crippen molar-refractivity contribution in [2.45, 2.75) is 6.92 Å². The van der Waals surface area contributed by atoms with E-state index in [1.54, 1.807) is 18.2 Å². The fraction of sp³-hybridized carbons (Fsp3) is 0.125. The second kappa shape index (κ2) is 4.25. The number of benzene rings is 1. The van der Waals surface area contributed by atoms with Gasteiger partial charge in [-0.25, -0.2) is 0 Å². The molecule has 66 valence electrons. The van der Waals surface area contributed by atoms with Crippen molar-refractivity contribution in [1.82, 2.24) is 0 Å². The van der Waals surface area contributed by atoms with E-state index in [9.17, 15) is 4.79 Å². The fourth-order valence-electron chi connectivity index (χ4n) is 0.904. The molecule has 0 aliphatic heterocycles. The van der Waals surface area contributed by atoms with Gasteiger partial charge in [0, 0.05) is 30.4 Å². The quantitative estimate of drug-likeness (QED) is 0.720. The molecule has 0 aliphatic carbocycles. The Morgan fingerprint density at radius 3 is 1.92 bits per heavy atom. The van der Waals surface area contributed by atoms with Gasteiger partial charge in [0.2, 0.25) is 0 Å². The second-order valence-corrected chi connectivity index (χ2v) is 2.84. The zero-order chi connectivity index (χ0) is 9.84. The van der Waals surface area contributed by atoms with Crippen LogP contribution in [0.15, 0.2) is 26.9 Å². The number of hydrogen-bond donors (Lipinski definition) is 0. The molecule has 0 N–H and O–H groups in total. The lowest BCUT2D eigenvalue weighted by Gasteiger charge is -1.98. The molecule has 1 aromatic carbocycles. The first-order chi connectivity index (χ1) is 6.17. The highest BCUT2D eigenvalue weighted by Crippen LogP contribution is 2.23. The molecule has 5 heteroatoms. The summed E-state index contributed by atoms with van der Waals surface area (Å²) in [7, 11) is 0. The molecule has 0 atom stereocenters. The highest BCUT2D eigenvalue weighted by Gasteiger charge is 2.03. The van der Waals surface area contributed by atoms with Crippen molar-refractivity contribution >= 4 is 42.0 Å². The summed E-state index contributed by atoms with van der Waals surface area (Å²) in [4.78, 5) is 11.0. The van der Waals surface area contributed by atoms with Gasteiger partial charge in [-0.05, 0) is 25.1 Å². The highest BCUT2D eigenvalue weighted by molar-refractivity contribution is 7.47. The summed E-state index contributed by atoms with van der Waals surface area (Å²) in [5.74, 6) is -0.0552. The first-order valence-corrected chi connectivity index (χ1v) is 4.23. The summed E-state index contributed by atoms with van der Waals surface area (Å²) in [5.41, 5.74) is 1.59. The molecule has 0 aliphatic rings. The predicted molar refractivity (Wildman–Crippen MR) is 55.4 cm³/mol. The number of nitrogens with zero attached hydrogens (tertiary/aromatic N) is 2.